The van der Waals surface area contributed by atoms with E-state index < -0.39 is 0 Å². The number of hydrogen-bond donors (Lipinski definition) is 2. The van der Waals surface area contributed by atoms with E-state index in [2.05, 4.69) is 17.6 Å². The van der Waals surface area contributed by atoms with E-state index in [-0.39, 0.29) is 23.7 Å². The van der Waals surface area contributed by atoms with E-state index in [4.69, 9.17) is 0 Å². The average Bonchev–Trinajstić information content (AvgIpc) is 3.27. The van der Waals surface area contributed by atoms with Crippen LogP contribution < -0.4 is 10.6 Å². The molecule has 0 saturated heterocycles. The number of nitrogens with one attached hydrogen (secondary N) is 2. The van der Waals surface area contributed by atoms with Crippen molar-refractivity contribution in [3.63, 3.8) is 0 Å². The van der Waals surface area contributed by atoms with Gasteiger partial charge in [0.05, 0.1) is 11.8 Å². The van der Waals surface area contributed by atoms with Gasteiger partial charge in [0.1, 0.15) is 0 Å². The highest BCUT2D eigenvalue weighted by atomic mass is 16.2. The first kappa shape index (κ1) is 16.5. The zero-order valence-corrected chi connectivity index (χ0v) is 13.7. The summed E-state index contributed by atoms with van der Waals surface area (Å²) in [7, 11) is 0. The highest BCUT2D eigenvalue weighted by Gasteiger charge is 2.47. The quantitative estimate of drug-likeness (QED) is 0.760. The lowest BCUT2D eigenvalue weighted by Crippen LogP contribution is -2.28. The van der Waals surface area contributed by atoms with Gasteiger partial charge in [0.25, 0.3) is 0 Å². The van der Waals surface area contributed by atoms with Gasteiger partial charge in [-0.1, -0.05) is 37.5 Å². The van der Waals surface area contributed by atoms with Gasteiger partial charge < -0.3 is 10.6 Å². The third-order valence-electron chi connectivity index (χ3n) is 4.18. The fourth-order valence-corrected chi connectivity index (χ4v) is 2.67. The predicted octanol–water partition coefficient (Wildman–Crippen LogP) is 3.18. The molecule has 0 aromatic heterocycles. The van der Waals surface area contributed by atoms with Gasteiger partial charge in [0.2, 0.25) is 11.8 Å². The second-order valence-corrected chi connectivity index (χ2v) is 6.25. The Bertz CT molecular complexity index is 554. The molecule has 120 valence electrons. The Morgan fingerprint density at radius 1 is 1.14 bits per heavy atom. The van der Waals surface area contributed by atoms with Crippen LogP contribution >= 0.6 is 0 Å². The summed E-state index contributed by atoms with van der Waals surface area (Å²) >= 11 is 0. The maximum absolute atomic E-state index is 12.2. The van der Waals surface area contributed by atoms with Gasteiger partial charge in [-0.15, -0.1) is 0 Å². The molecule has 2 atom stereocenters. The van der Waals surface area contributed by atoms with E-state index in [1.54, 1.807) is 0 Å². The molecule has 2 N–H and O–H groups in total. The van der Waals surface area contributed by atoms with Crippen LogP contribution in [0.15, 0.2) is 18.2 Å². The Morgan fingerprint density at radius 3 is 2.55 bits per heavy atom. The maximum atomic E-state index is 12.2. The first-order valence-corrected chi connectivity index (χ1v) is 8.18. The smallest absolute Gasteiger partial charge is 0.228 e. The van der Waals surface area contributed by atoms with Gasteiger partial charge in [0, 0.05) is 12.2 Å². The van der Waals surface area contributed by atoms with E-state index in [9.17, 15) is 9.59 Å². The molecule has 0 radical (unpaired) electrons. The van der Waals surface area contributed by atoms with Crippen molar-refractivity contribution in [3.05, 3.63) is 29.3 Å². The van der Waals surface area contributed by atoms with E-state index in [1.807, 2.05) is 32.0 Å². The monoisotopic (exact) mass is 302 g/mol. The molecule has 4 nitrogen and oxygen atoms in total. The summed E-state index contributed by atoms with van der Waals surface area (Å²) in [6.45, 7) is 6.86. The van der Waals surface area contributed by atoms with Crippen LogP contribution in [0.1, 0.15) is 43.7 Å². The SMILES string of the molecule is CCCCCNC(=O)C1CC1C(=O)Nc1ccc(C)cc1C. The van der Waals surface area contributed by atoms with Crippen molar-refractivity contribution in [2.24, 2.45) is 11.8 Å². The molecule has 2 amide bonds. The lowest BCUT2D eigenvalue weighted by atomic mass is 10.1. The summed E-state index contributed by atoms with van der Waals surface area (Å²) in [4.78, 5) is 24.2. The normalized spacial score (nSPS) is 19.6. The highest BCUT2D eigenvalue weighted by Crippen LogP contribution is 2.39. The van der Waals surface area contributed by atoms with Crippen molar-refractivity contribution < 1.29 is 9.59 Å². The molecule has 2 unspecified atom stereocenters. The standard InChI is InChI=1S/C18H26N2O2/c1-4-5-6-9-19-17(21)14-11-15(14)18(22)20-16-8-7-12(2)10-13(16)3/h7-8,10,14-15H,4-6,9,11H2,1-3H3,(H,19,21)(H,20,22). The second-order valence-electron chi connectivity index (χ2n) is 6.25. The van der Waals surface area contributed by atoms with Crippen LogP contribution in [-0.4, -0.2) is 18.4 Å². The Kier molecular flexibility index (Phi) is 5.58. The molecule has 0 spiro atoms. The van der Waals surface area contributed by atoms with Gasteiger partial charge in [-0.05, 0) is 38.3 Å². The molecule has 0 aliphatic heterocycles. The van der Waals surface area contributed by atoms with Crippen molar-refractivity contribution in [1.29, 1.82) is 0 Å². The third kappa shape index (κ3) is 4.33. The Balaban J connectivity index is 1.79. The van der Waals surface area contributed by atoms with Gasteiger partial charge in [-0.3, -0.25) is 9.59 Å². The molecular weight excluding hydrogens is 276 g/mol. The molecule has 22 heavy (non-hydrogen) atoms. The number of unbranched alkanes of at least 4 members (excludes halogenated alkanes) is 2. The van der Waals surface area contributed by atoms with Gasteiger partial charge >= 0.3 is 0 Å². The molecule has 1 saturated carbocycles. The number of amides is 2. The molecule has 1 aromatic carbocycles. The van der Waals surface area contributed by atoms with E-state index in [1.165, 1.54) is 5.56 Å². The minimum absolute atomic E-state index is 0.0249. The van der Waals surface area contributed by atoms with Gasteiger partial charge in [-0.25, -0.2) is 0 Å². The van der Waals surface area contributed by atoms with Crippen molar-refractivity contribution in [3.8, 4) is 0 Å². The van der Waals surface area contributed by atoms with E-state index >= 15 is 0 Å². The van der Waals surface area contributed by atoms with Gasteiger partial charge in [-0.2, -0.15) is 0 Å². The maximum Gasteiger partial charge on any atom is 0.228 e. The zero-order chi connectivity index (χ0) is 16.1. The van der Waals surface area contributed by atoms with Crippen LogP contribution in [-0.2, 0) is 9.59 Å². The topological polar surface area (TPSA) is 58.2 Å². The molecule has 0 heterocycles. The molecule has 4 heteroatoms. The van der Waals surface area contributed by atoms with Crippen LogP contribution in [0.4, 0.5) is 5.69 Å². The summed E-state index contributed by atoms with van der Waals surface area (Å²) in [5.41, 5.74) is 3.06. The summed E-state index contributed by atoms with van der Waals surface area (Å²) in [6.07, 6.45) is 3.94. The second kappa shape index (κ2) is 7.43. The molecule has 1 fully saturated rings. The first-order valence-electron chi connectivity index (χ1n) is 8.18. The minimum atomic E-state index is -0.174. The molecular formula is C18H26N2O2. The number of carbonyl (C=O) groups is 2. The van der Waals surface area contributed by atoms with Crippen LogP contribution in [0.2, 0.25) is 0 Å². The number of anilines is 1. The van der Waals surface area contributed by atoms with Crippen LogP contribution in [0, 0.1) is 25.7 Å². The highest BCUT2D eigenvalue weighted by molar-refractivity contribution is 5.99. The molecule has 1 aliphatic rings. The van der Waals surface area contributed by atoms with Crippen LogP contribution in [0.25, 0.3) is 0 Å². The third-order valence-corrected chi connectivity index (χ3v) is 4.18. The molecule has 0 bridgehead atoms. The summed E-state index contributed by atoms with van der Waals surface area (Å²) in [6, 6.07) is 5.94. The largest absolute Gasteiger partial charge is 0.356 e. The average molecular weight is 302 g/mol. The predicted molar refractivity (Wildman–Crippen MR) is 88.7 cm³/mol. The summed E-state index contributed by atoms with van der Waals surface area (Å²) < 4.78 is 0. The fourth-order valence-electron chi connectivity index (χ4n) is 2.67. The fraction of sp³-hybridized carbons (Fsp3) is 0.556. The number of carbonyl (C=O) groups excluding carboxylic acids is 2. The van der Waals surface area contributed by atoms with Crippen molar-refractivity contribution in [2.75, 3.05) is 11.9 Å². The Labute approximate surface area is 132 Å². The number of hydrogen-bond acceptors (Lipinski definition) is 2. The molecule has 2 rings (SSSR count). The zero-order valence-electron chi connectivity index (χ0n) is 13.7. The van der Waals surface area contributed by atoms with Gasteiger partial charge in [0.15, 0.2) is 0 Å². The number of rotatable bonds is 7. The van der Waals surface area contributed by atoms with E-state index in [0.29, 0.717) is 13.0 Å². The number of benzene rings is 1. The lowest BCUT2D eigenvalue weighted by Gasteiger charge is -2.09. The van der Waals surface area contributed by atoms with Crippen LogP contribution in [0.5, 0.6) is 0 Å². The van der Waals surface area contributed by atoms with Crippen molar-refractivity contribution in [1.82, 2.24) is 5.32 Å². The summed E-state index contributed by atoms with van der Waals surface area (Å²) in [5.74, 6) is -0.336. The minimum Gasteiger partial charge on any atom is -0.356 e. The molecule has 1 aliphatic carbocycles. The number of aryl methyl sites for hydroxylation is 2. The van der Waals surface area contributed by atoms with Crippen molar-refractivity contribution in [2.45, 2.75) is 46.5 Å². The Hall–Kier alpha value is -1.84. The molecule has 1 aromatic rings. The first-order chi connectivity index (χ1) is 10.5. The van der Waals surface area contributed by atoms with Crippen LogP contribution in [0.3, 0.4) is 0 Å². The van der Waals surface area contributed by atoms with Crippen molar-refractivity contribution >= 4 is 17.5 Å². The summed E-state index contributed by atoms with van der Waals surface area (Å²) in [5, 5.41) is 5.87. The Morgan fingerprint density at radius 2 is 1.86 bits per heavy atom. The lowest BCUT2D eigenvalue weighted by molar-refractivity contribution is -0.125. The van der Waals surface area contributed by atoms with E-state index in [0.717, 1.165) is 30.5 Å².